The second kappa shape index (κ2) is 6.77. The first-order valence-corrected chi connectivity index (χ1v) is 9.09. The van der Waals surface area contributed by atoms with Gasteiger partial charge in [-0.05, 0) is 38.1 Å². The standard InChI is InChI=1S/C15H24N2O3S/c1-20-12-15(7-9-16-10-8-15)11-17-13-5-3-4-6-14(13)21(2,18)19/h3-6,16-17H,7-12H2,1-2H3. The Morgan fingerprint density at radius 1 is 1.29 bits per heavy atom. The summed E-state index contributed by atoms with van der Waals surface area (Å²) in [5.41, 5.74) is 0.735. The van der Waals surface area contributed by atoms with Gasteiger partial charge in [0.25, 0.3) is 0 Å². The number of methoxy groups -OCH3 is 1. The van der Waals surface area contributed by atoms with Crippen LogP contribution in [0.25, 0.3) is 0 Å². The van der Waals surface area contributed by atoms with Gasteiger partial charge in [-0.3, -0.25) is 0 Å². The van der Waals surface area contributed by atoms with Crippen molar-refractivity contribution in [3.63, 3.8) is 0 Å². The van der Waals surface area contributed by atoms with Gasteiger partial charge in [-0.1, -0.05) is 12.1 Å². The Labute approximate surface area is 127 Å². The van der Waals surface area contributed by atoms with Gasteiger partial charge in [0, 0.05) is 25.3 Å². The predicted octanol–water partition coefficient (Wildman–Crippen LogP) is 1.52. The molecule has 0 radical (unpaired) electrons. The fourth-order valence-corrected chi connectivity index (χ4v) is 3.72. The molecule has 118 valence electrons. The topological polar surface area (TPSA) is 67.4 Å². The lowest BCUT2D eigenvalue weighted by atomic mass is 9.79. The number of piperidine rings is 1. The van der Waals surface area contributed by atoms with E-state index in [1.807, 2.05) is 12.1 Å². The van der Waals surface area contributed by atoms with Crippen LogP contribution >= 0.6 is 0 Å². The Kier molecular flexibility index (Phi) is 5.24. The van der Waals surface area contributed by atoms with E-state index >= 15 is 0 Å². The van der Waals surface area contributed by atoms with Crippen molar-refractivity contribution in [1.29, 1.82) is 0 Å². The van der Waals surface area contributed by atoms with E-state index in [-0.39, 0.29) is 5.41 Å². The Hall–Kier alpha value is -1.11. The lowest BCUT2D eigenvalue weighted by molar-refractivity contribution is 0.0635. The molecule has 1 saturated heterocycles. The Morgan fingerprint density at radius 3 is 2.57 bits per heavy atom. The fourth-order valence-electron chi connectivity index (χ4n) is 2.85. The molecular formula is C15H24N2O3S. The van der Waals surface area contributed by atoms with Crippen molar-refractivity contribution in [2.24, 2.45) is 5.41 Å². The Balaban J connectivity index is 2.15. The Bertz CT molecular complexity index is 561. The summed E-state index contributed by atoms with van der Waals surface area (Å²) in [6.45, 7) is 3.34. The zero-order valence-corrected chi connectivity index (χ0v) is 13.5. The summed E-state index contributed by atoms with van der Waals surface area (Å²) in [7, 11) is -1.51. The lowest BCUT2D eigenvalue weighted by Crippen LogP contribution is -2.44. The average Bonchev–Trinajstić information content (AvgIpc) is 2.46. The highest BCUT2D eigenvalue weighted by molar-refractivity contribution is 7.90. The molecular weight excluding hydrogens is 288 g/mol. The van der Waals surface area contributed by atoms with Crippen LogP contribution in [0.5, 0.6) is 0 Å². The number of hydrogen-bond acceptors (Lipinski definition) is 5. The van der Waals surface area contributed by atoms with Gasteiger partial charge in [-0.2, -0.15) is 0 Å². The molecule has 1 fully saturated rings. The minimum absolute atomic E-state index is 0.0601. The van der Waals surface area contributed by atoms with Gasteiger partial charge in [-0.25, -0.2) is 8.42 Å². The molecule has 1 aliphatic rings. The number of rotatable bonds is 6. The SMILES string of the molecule is COCC1(CNc2ccccc2S(C)(=O)=O)CCNCC1. The van der Waals surface area contributed by atoms with Gasteiger partial charge < -0.3 is 15.4 Å². The molecule has 0 aliphatic carbocycles. The first-order chi connectivity index (χ1) is 9.97. The molecule has 5 nitrogen and oxygen atoms in total. The molecule has 1 aromatic rings. The molecule has 6 heteroatoms. The minimum atomic E-state index is -3.22. The van der Waals surface area contributed by atoms with E-state index in [0.717, 1.165) is 32.5 Å². The number of para-hydroxylation sites is 1. The van der Waals surface area contributed by atoms with Crippen molar-refractivity contribution in [2.45, 2.75) is 17.7 Å². The highest BCUT2D eigenvalue weighted by Crippen LogP contribution is 2.30. The number of benzene rings is 1. The van der Waals surface area contributed by atoms with Crippen molar-refractivity contribution >= 4 is 15.5 Å². The molecule has 2 N–H and O–H groups in total. The molecule has 0 bridgehead atoms. The van der Waals surface area contributed by atoms with Crippen LogP contribution in [0.2, 0.25) is 0 Å². The molecule has 1 heterocycles. The molecule has 0 amide bonds. The molecule has 0 spiro atoms. The van der Waals surface area contributed by atoms with Gasteiger partial charge in [0.2, 0.25) is 0 Å². The second-order valence-corrected chi connectivity index (χ2v) is 7.79. The van der Waals surface area contributed by atoms with E-state index in [1.54, 1.807) is 19.2 Å². The Morgan fingerprint density at radius 2 is 1.95 bits per heavy atom. The maximum atomic E-state index is 11.8. The maximum absolute atomic E-state index is 11.8. The van der Waals surface area contributed by atoms with Crippen molar-refractivity contribution in [3.05, 3.63) is 24.3 Å². The van der Waals surface area contributed by atoms with Crippen LogP contribution in [0, 0.1) is 5.41 Å². The summed E-state index contributed by atoms with van der Waals surface area (Å²) >= 11 is 0. The number of ether oxygens (including phenoxy) is 1. The van der Waals surface area contributed by atoms with Gasteiger partial charge >= 0.3 is 0 Å². The van der Waals surface area contributed by atoms with Crippen LogP contribution in [0.15, 0.2) is 29.2 Å². The second-order valence-electron chi connectivity index (χ2n) is 5.80. The van der Waals surface area contributed by atoms with Gasteiger partial charge in [-0.15, -0.1) is 0 Å². The molecule has 0 atom stereocenters. The van der Waals surface area contributed by atoms with Crippen LogP contribution in [0.1, 0.15) is 12.8 Å². The zero-order valence-electron chi connectivity index (χ0n) is 12.7. The van der Waals surface area contributed by atoms with Crippen molar-refractivity contribution in [2.75, 3.05) is 44.9 Å². The summed E-state index contributed by atoms with van der Waals surface area (Å²) in [4.78, 5) is 0.353. The number of sulfone groups is 1. The summed E-state index contributed by atoms with van der Waals surface area (Å²) in [5, 5.41) is 6.68. The van der Waals surface area contributed by atoms with Gasteiger partial charge in [0.15, 0.2) is 9.84 Å². The molecule has 1 aromatic carbocycles. The van der Waals surface area contributed by atoms with E-state index in [9.17, 15) is 8.42 Å². The van der Waals surface area contributed by atoms with Crippen LogP contribution in [-0.4, -0.2) is 48.0 Å². The van der Waals surface area contributed by atoms with Crippen LogP contribution in [0.4, 0.5) is 5.69 Å². The third-order valence-corrected chi connectivity index (χ3v) is 5.21. The average molecular weight is 312 g/mol. The van der Waals surface area contributed by atoms with Crippen molar-refractivity contribution in [3.8, 4) is 0 Å². The van der Waals surface area contributed by atoms with E-state index in [2.05, 4.69) is 10.6 Å². The summed E-state index contributed by atoms with van der Waals surface area (Å²) < 4.78 is 29.1. The fraction of sp³-hybridized carbons (Fsp3) is 0.600. The third-order valence-electron chi connectivity index (χ3n) is 4.06. The summed E-state index contributed by atoms with van der Waals surface area (Å²) in [6, 6.07) is 7.06. The van der Waals surface area contributed by atoms with E-state index in [1.165, 1.54) is 6.26 Å². The van der Waals surface area contributed by atoms with Crippen LogP contribution in [0.3, 0.4) is 0 Å². The van der Waals surface area contributed by atoms with Gasteiger partial charge in [0.1, 0.15) is 0 Å². The third kappa shape index (κ3) is 4.18. The molecule has 21 heavy (non-hydrogen) atoms. The number of hydrogen-bond donors (Lipinski definition) is 2. The van der Waals surface area contributed by atoms with E-state index in [4.69, 9.17) is 4.74 Å². The van der Waals surface area contributed by atoms with Crippen LogP contribution in [-0.2, 0) is 14.6 Å². The van der Waals surface area contributed by atoms with E-state index in [0.29, 0.717) is 17.2 Å². The molecule has 1 aliphatic heterocycles. The monoisotopic (exact) mass is 312 g/mol. The van der Waals surface area contributed by atoms with E-state index < -0.39 is 9.84 Å². The first-order valence-electron chi connectivity index (χ1n) is 7.19. The smallest absolute Gasteiger partial charge is 0.177 e. The minimum Gasteiger partial charge on any atom is -0.384 e. The maximum Gasteiger partial charge on any atom is 0.177 e. The molecule has 0 unspecified atom stereocenters. The highest BCUT2D eigenvalue weighted by Gasteiger charge is 2.32. The van der Waals surface area contributed by atoms with Crippen molar-refractivity contribution < 1.29 is 13.2 Å². The largest absolute Gasteiger partial charge is 0.384 e. The highest BCUT2D eigenvalue weighted by atomic mass is 32.2. The lowest BCUT2D eigenvalue weighted by Gasteiger charge is -2.37. The molecule has 2 rings (SSSR count). The predicted molar refractivity (Wildman–Crippen MR) is 84.5 cm³/mol. The molecule has 0 aromatic heterocycles. The quantitative estimate of drug-likeness (QED) is 0.833. The first kappa shape index (κ1) is 16.3. The number of anilines is 1. The number of nitrogens with one attached hydrogen (secondary N) is 2. The summed E-state index contributed by atoms with van der Waals surface area (Å²) in [5.74, 6) is 0. The molecule has 0 saturated carbocycles. The van der Waals surface area contributed by atoms with Gasteiger partial charge in [0.05, 0.1) is 17.2 Å². The van der Waals surface area contributed by atoms with Crippen LogP contribution < -0.4 is 10.6 Å². The summed E-state index contributed by atoms with van der Waals surface area (Å²) in [6.07, 6.45) is 3.28. The normalized spacial score (nSPS) is 18.4. The zero-order chi connectivity index (χ0) is 15.3. The van der Waals surface area contributed by atoms with Crippen molar-refractivity contribution in [1.82, 2.24) is 5.32 Å².